The summed E-state index contributed by atoms with van der Waals surface area (Å²) in [5.41, 5.74) is 1.20. The third-order valence-electron chi connectivity index (χ3n) is 3.00. The maximum Gasteiger partial charge on any atom is 0.261 e. The molecule has 0 aliphatic carbocycles. The van der Waals surface area contributed by atoms with Crippen LogP contribution in [-0.2, 0) is 6.42 Å². The molecule has 0 spiro atoms. The van der Waals surface area contributed by atoms with Crippen molar-refractivity contribution in [1.82, 2.24) is 5.32 Å². The van der Waals surface area contributed by atoms with Crippen LogP contribution in [0.15, 0.2) is 36.4 Å². The van der Waals surface area contributed by atoms with Crippen LogP contribution >= 0.6 is 22.9 Å². The number of ether oxygens (including phenoxy) is 1. The smallest absolute Gasteiger partial charge is 0.261 e. The summed E-state index contributed by atoms with van der Waals surface area (Å²) in [7, 11) is 0. The topological polar surface area (TPSA) is 38.3 Å². The van der Waals surface area contributed by atoms with Crippen LogP contribution in [0, 0.1) is 0 Å². The number of rotatable bonds is 3. The molecule has 0 fully saturated rings. The van der Waals surface area contributed by atoms with E-state index in [0.717, 1.165) is 12.2 Å². The van der Waals surface area contributed by atoms with Gasteiger partial charge in [-0.05, 0) is 23.8 Å². The lowest BCUT2D eigenvalue weighted by atomic mass is 10.1. The Labute approximate surface area is 120 Å². The Morgan fingerprint density at radius 3 is 2.95 bits per heavy atom. The molecule has 1 aromatic carbocycles. The molecule has 3 rings (SSSR count). The Morgan fingerprint density at radius 2 is 2.21 bits per heavy atom. The first-order valence-corrected chi connectivity index (χ1v) is 7.20. The monoisotopic (exact) mass is 293 g/mol. The number of thiophene rings is 1. The summed E-state index contributed by atoms with van der Waals surface area (Å²) in [6, 6.07) is 11.4. The number of amides is 1. The molecule has 0 radical (unpaired) electrons. The highest BCUT2D eigenvalue weighted by Gasteiger charge is 2.22. The van der Waals surface area contributed by atoms with E-state index in [4.69, 9.17) is 16.3 Å². The van der Waals surface area contributed by atoms with Crippen LogP contribution in [0.25, 0.3) is 0 Å². The summed E-state index contributed by atoms with van der Waals surface area (Å²) in [6.07, 6.45) is 0.846. The normalized spacial score (nSPS) is 16.8. The predicted octanol–water partition coefficient (Wildman–Crippen LogP) is 3.14. The molecule has 1 atom stereocenters. The van der Waals surface area contributed by atoms with Crippen LogP contribution in [0.3, 0.4) is 0 Å². The van der Waals surface area contributed by atoms with E-state index >= 15 is 0 Å². The van der Waals surface area contributed by atoms with E-state index in [1.165, 1.54) is 16.9 Å². The Balaban J connectivity index is 1.56. The lowest BCUT2D eigenvalue weighted by Crippen LogP contribution is -2.34. The van der Waals surface area contributed by atoms with Gasteiger partial charge in [0.2, 0.25) is 0 Å². The van der Waals surface area contributed by atoms with E-state index < -0.39 is 0 Å². The first-order valence-electron chi connectivity index (χ1n) is 6.00. The average molecular weight is 294 g/mol. The van der Waals surface area contributed by atoms with Gasteiger partial charge in [0.1, 0.15) is 11.9 Å². The Morgan fingerprint density at radius 1 is 1.37 bits per heavy atom. The van der Waals surface area contributed by atoms with Gasteiger partial charge in [-0.25, -0.2) is 0 Å². The summed E-state index contributed by atoms with van der Waals surface area (Å²) in [5, 5.41) is 2.88. The Hall–Kier alpha value is -1.52. The number of hydrogen-bond donors (Lipinski definition) is 1. The highest BCUT2D eigenvalue weighted by Crippen LogP contribution is 2.28. The molecular weight excluding hydrogens is 282 g/mol. The molecule has 2 aromatic rings. The van der Waals surface area contributed by atoms with E-state index in [1.807, 2.05) is 18.2 Å². The van der Waals surface area contributed by atoms with Gasteiger partial charge in [0, 0.05) is 6.42 Å². The predicted molar refractivity (Wildman–Crippen MR) is 76.2 cm³/mol. The molecule has 19 heavy (non-hydrogen) atoms. The van der Waals surface area contributed by atoms with Crippen LogP contribution < -0.4 is 10.1 Å². The molecule has 5 heteroatoms. The van der Waals surface area contributed by atoms with Crippen molar-refractivity contribution in [1.29, 1.82) is 0 Å². The van der Waals surface area contributed by atoms with Gasteiger partial charge in [0.15, 0.2) is 0 Å². The molecule has 0 unspecified atom stereocenters. The molecule has 2 heterocycles. The fraction of sp³-hybridized carbons (Fsp3) is 0.214. The Kier molecular flexibility index (Phi) is 3.44. The molecular formula is C14H12ClNO2S. The quantitative estimate of drug-likeness (QED) is 0.944. The van der Waals surface area contributed by atoms with Gasteiger partial charge in [0.25, 0.3) is 5.91 Å². The molecule has 1 amide bonds. The van der Waals surface area contributed by atoms with Gasteiger partial charge in [-0.2, -0.15) is 0 Å². The van der Waals surface area contributed by atoms with Crippen LogP contribution in [0.2, 0.25) is 4.34 Å². The van der Waals surface area contributed by atoms with E-state index in [2.05, 4.69) is 11.4 Å². The first kappa shape index (κ1) is 12.5. The van der Waals surface area contributed by atoms with Crippen LogP contribution in [0.5, 0.6) is 5.75 Å². The zero-order valence-electron chi connectivity index (χ0n) is 10.1. The molecule has 0 saturated heterocycles. The second-order valence-corrected chi connectivity index (χ2v) is 6.08. The zero-order chi connectivity index (χ0) is 13.2. The Bertz CT molecular complexity index is 586. The SMILES string of the molecule is O=C(NC[C@H]1Cc2ccccc2O1)c1ccc(Cl)s1. The minimum Gasteiger partial charge on any atom is -0.488 e. The summed E-state index contributed by atoms with van der Waals surface area (Å²) in [4.78, 5) is 12.5. The molecule has 1 aromatic heterocycles. The van der Waals surface area contributed by atoms with Crippen molar-refractivity contribution < 1.29 is 9.53 Å². The fourth-order valence-electron chi connectivity index (χ4n) is 2.10. The minimum absolute atomic E-state index is 0.0109. The number of halogens is 1. The van der Waals surface area contributed by atoms with Gasteiger partial charge >= 0.3 is 0 Å². The fourth-order valence-corrected chi connectivity index (χ4v) is 3.06. The highest BCUT2D eigenvalue weighted by atomic mass is 35.5. The van der Waals surface area contributed by atoms with Crippen molar-refractivity contribution in [3.05, 3.63) is 51.2 Å². The largest absolute Gasteiger partial charge is 0.488 e. The van der Waals surface area contributed by atoms with Crippen molar-refractivity contribution in [3.63, 3.8) is 0 Å². The maximum atomic E-state index is 11.9. The number of para-hydroxylation sites is 1. The summed E-state index contributed by atoms with van der Waals surface area (Å²) < 4.78 is 6.38. The standard InChI is InChI=1S/C14H12ClNO2S/c15-13-6-5-12(19-13)14(17)16-8-10-7-9-3-1-2-4-11(9)18-10/h1-6,10H,7-8H2,(H,16,17)/t10-/m1/s1. The lowest BCUT2D eigenvalue weighted by Gasteiger charge is -2.11. The van der Waals surface area contributed by atoms with E-state index in [1.54, 1.807) is 12.1 Å². The lowest BCUT2D eigenvalue weighted by molar-refractivity contribution is 0.0937. The summed E-state index contributed by atoms with van der Waals surface area (Å²) >= 11 is 7.08. The van der Waals surface area contributed by atoms with E-state index in [-0.39, 0.29) is 12.0 Å². The van der Waals surface area contributed by atoms with Crippen LogP contribution in [-0.4, -0.2) is 18.6 Å². The van der Waals surface area contributed by atoms with Crippen LogP contribution in [0.4, 0.5) is 0 Å². The van der Waals surface area contributed by atoms with Crippen molar-refractivity contribution in [2.75, 3.05) is 6.54 Å². The number of fused-ring (bicyclic) bond motifs is 1. The summed E-state index contributed by atoms with van der Waals surface area (Å²) in [6.45, 7) is 0.503. The number of hydrogen-bond acceptors (Lipinski definition) is 3. The van der Waals surface area contributed by atoms with Gasteiger partial charge in [0.05, 0.1) is 15.8 Å². The number of carbonyl (C=O) groups is 1. The average Bonchev–Trinajstić information content (AvgIpc) is 3.01. The van der Waals surface area contributed by atoms with Gasteiger partial charge < -0.3 is 10.1 Å². The number of benzene rings is 1. The highest BCUT2D eigenvalue weighted by molar-refractivity contribution is 7.17. The molecule has 0 saturated carbocycles. The molecule has 98 valence electrons. The summed E-state index contributed by atoms with van der Waals surface area (Å²) in [5.74, 6) is 0.817. The maximum absolute atomic E-state index is 11.9. The van der Waals surface area contributed by atoms with Gasteiger partial charge in [-0.3, -0.25) is 4.79 Å². The third-order valence-corrected chi connectivity index (χ3v) is 4.23. The van der Waals surface area contributed by atoms with E-state index in [9.17, 15) is 4.79 Å². The first-order chi connectivity index (χ1) is 9.22. The van der Waals surface area contributed by atoms with Gasteiger partial charge in [-0.1, -0.05) is 29.8 Å². The third kappa shape index (κ3) is 2.74. The van der Waals surface area contributed by atoms with Crippen LogP contribution in [0.1, 0.15) is 15.2 Å². The second-order valence-electron chi connectivity index (χ2n) is 4.37. The van der Waals surface area contributed by atoms with Crippen molar-refractivity contribution >= 4 is 28.8 Å². The number of nitrogens with one attached hydrogen (secondary N) is 1. The van der Waals surface area contributed by atoms with Crippen molar-refractivity contribution in [2.45, 2.75) is 12.5 Å². The number of carbonyl (C=O) groups excluding carboxylic acids is 1. The molecule has 1 N–H and O–H groups in total. The van der Waals surface area contributed by atoms with Crippen molar-refractivity contribution in [3.8, 4) is 5.75 Å². The molecule has 1 aliphatic rings. The minimum atomic E-state index is -0.101. The molecule has 1 aliphatic heterocycles. The zero-order valence-corrected chi connectivity index (χ0v) is 11.6. The van der Waals surface area contributed by atoms with Crippen molar-refractivity contribution in [2.24, 2.45) is 0 Å². The molecule has 0 bridgehead atoms. The second kappa shape index (κ2) is 5.23. The van der Waals surface area contributed by atoms with E-state index in [0.29, 0.717) is 15.8 Å². The van der Waals surface area contributed by atoms with Gasteiger partial charge in [-0.15, -0.1) is 11.3 Å². The molecule has 3 nitrogen and oxygen atoms in total.